The number of hydrogen-bond donors (Lipinski definition) is 1. The second-order valence-electron chi connectivity index (χ2n) is 3.79. The van der Waals surface area contributed by atoms with E-state index in [2.05, 4.69) is 32.9 Å². The number of anilines is 1. The molecule has 0 bridgehead atoms. The molecule has 0 saturated carbocycles. The van der Waals surface area contributed by atoms with Gasteiger partial charge in [-0.3, -0.25) is 0 Å². The lowest BCUT2D eigenvalue weighted by molar-refractivity contribution is 0.255. The second kappa shape index (κ2) is 4.16. The molecule has 0 unspecified atom stereocenters. The van der Waals surface area contributed by atoms with Gasteiger partial charge in [0.15, 0.2) is 0 Å². The lowest BCUT2D eigenvalue weighted by Gasteiger charge is -2.27. The number of nitrogen functional groups attached to an aromatic ring is 1. The number of likely N-dealkylation sites (tertiary alicyclic amines) is 1. The summed E-state index contributed by atoms with van der Waals surface area (Å²) in [5, 5.41) is 1.20. The normalized spacial score (nSPS) is 20.1. The van der Waals surface area contributed by atoms with Gasteiger partial charge in [-0.1, -0.05) is 0 Å². The number of aromatic nitrogens is 1. The first-order chi connectivity index (χ1) is 6.66. The zero-order valence-electron chi connectivity index (χ0n) is 8.16. The molecule has 5 heteroatoms. The Bertz CT molecular complexity index is 298. The number of rotatable bonds is 1. The Morgan fingerprint density at radius 3 is 2.64 bits per heavy atom. The Labute approximate surface area is 96.4 Å². The lowest BCUT2D eigenvalue weighted by atomic mass is 9.98. The van der Waals surface area contributed by atoms with Crippen molar-refractivity contribution in [3.63, 3.8) is 0 Å². The van der Waals surface area contributed by atoms with Crippen LogP contribution in [0.25, 0.3) is 0 Å². The molecule has 2 N–H and O–H groups in total. The van der Waals surface area contributed by atoms with Gasteiger partial charge in [-0.25, -0.2) is 4.98 Å². The van der Waals surface area contributed by atoms with Gasteiger partial charge >= 0.3 is 0 Å². The molecule has 0 aromatic carbocycles. The number of hydrogen-bond acceptors (Lipinski definition) is 4. The van der Waals surface area contributed by atoms with E-state index in [4.69, 9.17) is 5.73 Å². The minimum absolute atomic E-state index is 0.616. The van der Waals surface area contributed by atoms with Crippen molar-refractivity contribution in [1.82, 2.24) is 9.88 Å². The van der Waals surface area contributed by atoms with Gasteiger partial charge in [-0.05, 0) is 48.9 Å². The number of piperidine rings is 1. The highest BCUT2D eigenvalue weighted by molar-refractivity contribution is 9.11. The molecule has 14 heavy (non-hydrogen) atoms. The highest BCUT2D eigenvalue weighted by atomic mass is 79.9. The van der Waals surface area contributed by atoms with E-state index in [9.17, 15) is 0 Å². The Hall–Kier alpha value is -0.130. The van der Waals surface area contributed by atoms with Crippen molar-refractivity contribution < 1.29 is 0 Å². The van der Waals surface area contributed by atoms with E-state index in [0.717, 1.165) is 3.79 Å². The monoisotopic (exact) mass is 275 g/mol. The van der Waals surface area contributed by atoms with Gasteiger partial charge in [-0.2, -0.15) is 0 Å². The van der Waals surface area contributed by atoms with Crippen LogP contribution in [0, 0.1) is 0 Å². The third-order valence-electron chi connectivity index (χ3n) is 2.69. The maximum Gasteiger partial charge on any atom is 0.149 e. The SMILES string of the molecule is CN1CCC(c2nc(N)c(Br)s2)CC1. The van der Waals surface area contributed by atoms with Crippen molar-refractivity contribution in [3.05, 3.63) is 8.79 Å². The average molecular weight is 276 g/mol. The predicted molar refractivity (Wildman–Crippen MR) is 63.7 cm³/mol. The van der Waals surface area contributed by atoms with Gasteiger partial charge in [-0.15, -0.1) is 11.3 Å². The minimum atomic E-state index is 0.616. The van der Waals surface area contributed by atoms with Crippen molar-refractivity contribution >= 4 is 33.1 Å². The van der Waals surface area contributed by atoms with Gasteiger partial charge in [0.25, 0.3) is 0 Å². The summed E-state index contributed by atoms with van der Waals surface area (Å²) in [7, 11) is 2.17. The summed E-state index contributed by atoms with van der Waals surface area (Å²) in [5.74, 6) is 1.26. The van der Waals surface area contributed by atoms with Gasteiger partial charge < -0.3 is 10.6 Å². The summed E-state index contributed by atoms with van der Waals surface area (Å²) in [6.45, 7) is 2.34. The van der Waals surface area contributed by atoms with Gasteiger partial charge in [0.05, 0.1) is 5.01 Å². The molecule has 2 heterocycles. The quantitative estimate of drug-likeness (QED) is 0.855. The molecule has 0 radical (unpaired) electrons. The predicted octanol–water partition coefficient (Wildman–Crippen LogP) is 2.30. The highest BCUT2D eigenvalue weighted by Crippen LogP contribution is 2.35. The fourth-order valence-electron chi connectivity index (χ4n) is 1.76. The molecule has 0 atom stereocenters. The third-order valence-corrected chi connectivity index (χ3v) is 4.61. The highest BCUT2D eigenvalue weighted by Gasteiger charge is 2.21. The van der Waals surface area contributed by atoms with Crippen LogP contribution in [0.5, 0.6) is 0 Å². The van der Waals surface area contributed by atoms with Crippen molar-refractivity contribution in [3.8, 4) is 0 Å². The van der Waals surface area contributed by atoms with Crippen LogP contribution < -0.4 is 5.73 Å². The number of nitrogens with zero attached hydrogens (tertiary/aromatic N) is 2. The van der Waals surface area contributed by atoms with Gasteiger partial charge in [0, 0.05) is 5.92 Å². The van der Waals surface area contributed by atoms with Crippen LogP contribution >= 0.6 is 27.3 Å². The molecule has 0 spiro atoms. The van der Waals surface area contributed by atoms with Crippen LogP contribution in [-0.4, -0.2) is 30.0 Å². The fourth-order valence-corrected chi connectivity index (χ4v) is 3.23. The van der Waals surface area contributed by atoms with E-state index in [0.29, 0.717) is 11.7 Å². The molecule has 1 aromatic heterocycles. The first kappa shape index (κ1) is 10.4. The van der Waals surface area contributed by atoms with E-state index in [1.165, 1.54) is 30.9 Å². The fraction of sp³-hybridized carbons (Fsp3) is 0.667. The molecule has 0 aliphatic carbocycles. The minimum Gasteiger partial charge on any atom is -0.382 e. The van der Waals surface area contributed by atoms with Crippen molar-refractivity contribution in [1.29, 1.82) is 0 Å². The van der Waals surface area contributed by atoms with Crippen LogP contribution in [0.15, 0.2) is 3.79 Å². The van der Waals surface area contributed by atoms with Crippen LogP contribution in [0.2, 0.25) is 0 Å². The molecular formula is C9H14BrN3S. The van der Waals surface area contributed by atoms with E-state index < -0.39 is 0 Å². The standard InChI is InChI=1S/C9H14BrN3S/c1-13-4-2-6(3-5-13)9-12-8(11)7(10)14-9/h6H,2-5,11H2,1H3. The van der Waals surface area contributed by atoms with Crippen molar-refractivity contribution in [2.24, 2.45) is 0 Å². The van der Waals surface area contributed by atoms with E-state index in [-0.39, 0.29) is 0 Å². The first-order valence-electron chi connectivity index (χ1n) is 4.77. The summed E-state index contributed by atoms with van der Waals surface area (Å²) >= 11 is 5.10. The molecule has 2 rings (SSSR count). The molecule has 78 valence electrons. The maximum absolute atomic E-state index is 5.72. The zero-order valence-corrected chi connectivity index (χ0v) is 10.6. The summed E-state index contributed by atoms with van der Waals surface area (Å²) in [5.41, 5.74) is 5.72. The van der Waals surface area contributed by atoms with Gasteiger partial charge in [0.2, 0.25) is 0 Å². The largest absolute Gasteiger partial charge is 0.382 e. The Morgan fingerprint density at radius 2 is 2.14 bits per heavy atom. The molecule has 1 aliphatic rings. The second-order valence-corrected chi connectivity index (χ2v) is 6.14. The Morgan fingerprint density at radius 1 is 1.50 bits per heavy atom. The summed E-state index contributed by atoms with van der Waals surface area (Å²) < 4.78 is 0.978. The summed E-state index contributed by atoms with van der Waals surface area (Å²) in [4.78, 5) is 6.75. The molecule has 0 amide bonds. The topological polar surface area (TPSA) is 42.2 Å². The van der Waals surface area contributed by atoms with Crippen LogP contribution in [0.1, 0.15) is 23.8 Å². The molecule has 1 fully saturated rings. The van der Waals surface area contributed by atoms with E-state index >= 15 is 0 Å². The Balaban J connectivity index is 2.08. The molecule has 1 saturated heterocycles. The number of halogens is 1. The molecule has 1 aliphatic heterocycles. The first-order valence-corrected chi connectivity index (χ1v) is 6.38. The molecule has 3 nitrogen and oxygen atoms in total. The summed E-state index contributed by atoms with van der Waals surface area (Å²) in [6.07, 6.45) is 2.41. The number of nitrogens with two attached hydrogens (primary N) is 1. The third kappa shape index (κ3) is 2.10. The summed E-state index contributed by atoms with van der Waals surface area (Å²) in [6, 6.07) is 0. The lowest BCUT2D eigenvalue weighted by Crippen LogP contribution is -2.29. The van der Waals surface area contributed by atoms with Crippen molar-refractivity contribution in [2.45, 2.75) is 18.8 Å². The maximum atomic E-state index is 5.72. The molecular weight excluding hydrogens is 262 g/mol. The Kier molecular flexibility index (Phi) is 3.09. The van der Waals surface area contributed by atoms with Gasteiger partial charge in [0.1, 0.15) is 9.60 Å². The molecule has 1 aromatic rings. The number of thiazole rings is 1. The van der Waals surface area contributed by atoms with E-state index in [1.807, 2.05) is 0 Å². The van der Waals surface area contributed by atoms with Crippen LogP contribution in [0.4, 0.5) is 5.82 Å². The zero-order chi connectivity index (χ0) is 10.1. The van der Waals surface area contributed by atoms with Crippen molar-refractivity contribution in [2.75, 3.05) is 25.9 Å². The van der Waals surface area contributed by atoms with Crippen LogP contribution in [-0.2, 0) is 0 Å². The smallest absolute Gasteiger partial charge is 0.149 e. The van der Waals surface area contributed by atoms with Crippen LogP contribution in [0.3, 0.4) is 0 Å². The average Bonchev–Trinajstić information content (AvgIpc) is 2.48. The van der Waals surface area contributed by atoms with E-state index in [1.54, 1.807) is 11.3 Å².